The Bertz CT molecular complexity index is 359. The van der Waals surface area contributed by atoms with Gasteiger partial charge in [0.15, 0.2) is 0 Å². The lowest BCUT2D eigenvalue weighted by Crippen LogP contribution is -2.44. The molecule has 1 saturated carbocycles. The van der Waals surface area contributed by atoms with Crippen LogP contribution in [0.1, 0.15) is 60.3 Å². The summed E-state index contributed by atoms with van der Waals surface area (Å²) in [5.41, 5.74) is 0. The zero-order chi connectivity index (χ0) is 15.6. The molecule has 0 aromatic rings. The van der Waals surface area contributed by atoms with E-state index in [9.17, 15) is 4.79 Å². The minimum absolute atomic E-state index is 0.0200. The summed E-state index contributed by atoms with van der Waals surface area (Å²) in [6.45, 7) is 11.0. The first-order valence-electron chi connectivity index (χ1n) is 8.63. The van der Waals surface area contributed by atoms with Crippen LogP contribution in [-0.2, 0) is 4.79 Å². The van der Waals surface area contributed by atoms with E-state index in [2.05, 4.69) is 56.6 Å². The van der Waals surface area contributed by atoms with Crippen LogP contribution in [0, 0.1) is 11.8 Å². The molecule has 1 N–H and O–H groups in total. The Balaban J connectivity index is 2.08. The minimum atomic E-state index is 0.0200. The van der Waals surface area contributed by atoms with Gasteiger partial charge in [-0.25, -0.2) is 0 Å². The van der Waals surface area contributed by atoms with E-state index in [1.807, 2.05) is 0 Å². The molecule has 1 aliphatic heterocycles. The van der Waals surface area contributed by atoms with Crippen LogP contribution < -0.4 is 5.32 Å². The average Bonchev–Trinajstić information content (AvgIpc) is 2.94. The van der Waals surface area contributed by atoms with Gasteiger partial charge in [-0.1, -0.05) is 34.6 Å². The molecule has 2 fully saturated rings. The van der Waals surface area contributed by atoms with Gasteiger partial charge < -0.3 is 4.90 Å². The molecule has 4 heteroatoms. The van der Waals surface area contributed by atoms with Crippen LogP contribution in [-0.4, -0.2) is 40.1 Å². The zero-order valence-corrected chi connectivity index (χ0v) is 15.1. The van der Waals surface area contributed by atoms with Gasteiger partial charge in [-0.15, -0.1) is 0 Å². The first kappa shape index (κ1) is 17.1. The summed E-state index contributed by atoms with van der Waals surface area (Å²) in [7, 11) is 0. The molecule has 3 nitrogen and oxygen atoms in total. The highest BCUT2D eigenvalue weighted by molar-refractivity contribution is 7.99. The number of hydrogen-bond donors (Lipinski definition) is 1. The Hall–Kier alpha value is -0.220. The van der Waals surface area contributed by atoms with Gasteiger partial charge in [-0.2, -0.15) is 11.8 Å². The molecule has 21 heavy (non-hydrogen) atoms. The van der Waals surface area contributed by atoms with Gasteiger partial charge in [0.25, 0.3) is 0 Å². The molecule has 0 bridgehead atoms. The maximum atomic E-state index is 12.8. The van der Waals surface area contributed by atoms with E-state index in [-0.39, 0.29) is 12.2 Å². The minimum Gasteiger partial charge on any atom is -0.323 e. The summed E-state index contributed by atoms with van der Waals surface area (Å²) in [5.74, 6) is 2.53. The molecule has 1 heterocycles. The van der Waals surface area contributed by atoms with E-state index in [0.717, 1.165) is 11.7 Å². The van der Waals surface area contributed by atoms with Crippen molar-refractivity contribution >= 4 is 17.7 Å². The smallest absolute Gasteiger partial charge is 0.241 e. The lowest BCUT2D eigenvalue weighted by atomic mass is 10.0. The topological polar surface area (TPSA) is 32.3 Å². The predicted octanol–water partition coefficient (Wildman–Crippen LogP) is 3.49. The fourth-order valence-corrected chi connectivity index (χ4v) is 4.90. The van der Waals surface area contributed by atoms with Crippen molar-refractivity contribution in [2.45, 2.75) is 83.8 Å². The van der Waals surface area contributed by atoms with Gasteiger partial charge in [0.1, 0.15) is 0 Å². The molecule has 4 unspecified atom stereocenters. The van der Waals surface area contributed by atoms with Crippen LogP contribution >= 0.6 is 11.8 Å². The molecule has 0 aromatic heterocycles. The lowest BCUT2D eigenvalue weighted by Gasteiger charge is -2.31. The van der Waals surface area contributed by atoms with Crippen LogP contribution in [0.15, 0.2) is 0 Å². The first-order chi connectivity index (χ1) is 9.93. The third-order valence-electron chi connectivity index (χ3n) is 4.74. The second-order valence-electron chi connectivity index (χ2n) is 7.32. The SMILES string of the molecule is CCSC1CCC(N2C(=O)C(C(C)C)NC2CC(C)C)C1. The maximum absolute atomic E-state index is 12.8. The summed E-state index contributed by atoms with van der Waals surface area (Å²) in [6, 6.07) is 0.480. The Morgan fingerprint density at radius 3 is 2.57 bits per heavy atom. The summed E-state index contributed by atoms with van der Waals surface area (Å²) in [5, 5.41) is 4.37. The second-order valence-corrected chi connectivity index (χ2v) is 8.90. The van der Waals surface area contributed by atoms with Gasteiger partial charge >= 0.3 is 0 Å². The van der Waals surface area contributed by atoms with Crippen LogP contribution in [0.4, 0.5) is 0 Å². The zero-order valence-electron chi connectivity index (χ0n) is 14.3. The summed E-state index contributed by atoms with van der Waals surface area (Å²) >= 11 is 2.07. The van der Waals surface area contributed by atoms with E-state index in [1.54, 1.807) is 0 Å². The first-order valence-corrected chi connectivity index (χ1v) is 9.68. The van der Waals surface area contributed by atoms with Crippen molar-refractivity contribution in [1.82, 2.24) is 10.2 Å². The van der Waals surface area contributed by atoms with Crippen molar-refractivity contribution in [3.05, 3.63) is 0 Å². The molecule has 1 saturated heterocycles. The van der Waals surface area contributed by atoms with Gasteiger partial charge in [0, 0.05) is 11.3 Å². The fourth-order valence-electron chi connectivity index (χ4n) is 3.77. The Labute approximate surface area is 134 Å². The van der Waals surface area contributed by atoms with Crippen LogP contribution in [0.5, 0.6) is 0 Å². The Kier molecular flexibility index (Phi) is 6.01. The number of carbonyl (C=O) groups excluding carboxylic acids is 1. The number of thioether (sulfide) groups is 1. The Morgan fingerprint density at radius 2 is 2.00 bits per heavy atom. The van der Waals surface area contributed by atoms with Crippen LogP contribution in [0.25, 0.3) is 0 Å². The number of nitrogens with zero attached hydrogens (tertiary/aromatic N) is 1. The van der Waals surface area contributed by atoms with E-state index in [1.165, 1.54) is 25.0 Å². The molecule has 0 radical (unpaired) electrons. The van der Waals surface area contributed by atoms with Gasteiger partial charge in [-0.05, 0) is 43.3 Å². The standard InChI is InChI=1S/C17H32N2OS/c1-6-21-14-8-7-13(10-14)19-15(9-11(2)3)18-16(12(4)5)17(19)20/h11-16,18H,6-10H2,1-5H3. The monoisotopic (exact) mass is 312 g/mol. The molecule has 0 spiro atoms. The van der Waals surface area contributed by atoms with Gasteiger partial charge in [0.05, 0.1) is 12.2 Å². The van der Waals surface area contributed by atoms with Crippen molar-refractivity contribution in [3.63, 3.8) is 0 Å². The highest BCUT2D eigenvalue weighted by Gasteiger charge is 2.45. The third-order valence-corrected chi connectivity index (χ3v) is 5.98. The highest BCUT2D eigenvalue weighted by Crippen LogP contribution is 2.36. The summed E-state index contributed by atoms with van der Waals surface area (Å²) in [6.07, 6.45) is 4.96. The number of amides is 1. The van der Waals surface area contributed by atoms with E-state index in [0.29, 0.717) is 23.8 Å². The maximum Gasteiger partial charge on any atom is 0.241 e. The molecule has 1 amide bonds. The molecule has 2 aliphatic rings. The lowest BCUT2D eigenvalue weighted by molar-refractivity contribution is -0.133. The quantitative estimate of drug-likeness (QED) is 0.815. The number of hydrogen-bond acceptors (Lipinski definition) is 3. The fraction of sp³-hybridized carbons (Fsp3) is 0.941. The van der Waals surface area contributed by atoms with Crippen molar-refractivity contribution in [2.75, 3.05) is 5.75 Å². The van der Waals surface area contributed by atoms with Crippen LogP contribution in [0.3, 0.4) is 0 Å². The molecule has 2 rings (SSSR count). The van der Waals surface area contributed by atoms with Crippen LogP contribution in [0.2, 0.25) is 0 Å². The van der Waals surface area contributed by atoms with Crippen molar-refractivity contribution in [3.8, 4) is 0 Å². The second kappa shape index (κ2) is 7.36. The number of rotatable bonds is 6. The number of carbonyl (C=O) groups is 1. The molecular formula is C17H32N2OS. The molecule has 1 aliphatic carbocycles. The molecule has 4 atom stereocenters. The van der Waals surface area contributed by atoms with Gasteiger partial charge in [-0.3, -0.25) is 10.1 Å². The van der Waals surface area contributed by atoms with E-state index in [4.69, 9.17) is 0 Å². The van der Waals surface area contributed by atoms with Crippen molar-refractivity contribution in [2.24, 2.45) is 11.8 Å². The van der Waals surface area contributed by atoms with Crippen molar-refractivity contribution in [1.29, 1.82) is 0 Å². The average molecular weight is 313 g/mol. The predicted molar refractivity (Wildman–Crippen MR) is 91.4 cm³/mol. The van der Waals surface area contributed by atoms with E-state index < -0.39 is 0 Å². The van der Waals surface area contributed by atoms with Crippen molar-refractivity contribution < 1.29 is 4.79 Å². The molecule has 0 aromatic carbocycles. The molecular weight excluding hydrogens is 280 g/mol. The largest absolute Gasteiger partial charge is 0.323 e. The van der Waals surface area contributed by atoms with Gasteiger partial charge in [0.2, 0.25) is 5.91 Å². The Morgan fingerprint density at radius 1 is 1.29 bits per heavy atom. The third kappa shape index (κ3) is 3.95. The normalized spacial score (nSPS) is 33.7. The summed E-state index contributed by atoms with van der Waals surface area (Å²) in [4.78, 5) is 15.1. The van der Waals surface area contributed by atoms with E-state index >= 15 is 0 Å². The number of nitrogens with one attached hydrogen (secondary N) is 1. The molecule has 122 valence electrons. The summed E-state index contributed by atoms with van der Waals surface area (Å²) < 4.78 is 0. The highest BCUT2D eigenvalue weighted by atomic mass is 32.2.